The highest BCUT2D eigenvalue weighted by Crippen LogP contribution is 2.29. The third-order valence-electron chi connectivity index (χ3n) is 5.38. The third kappa shape index (κ3) is 9.41. The molecule has 1 fully saturated rings. The van der Waals surface area contributed by atoms with E-state index >= 15 is 0 Å². The van der Waals surface area contributed by atoms with Gasteiger partial charge >= 0.3 is 0 Å². The van der Waals surface area contributed by atoms with Gasteiger partial charge in [-0.15, -0.1) is 0 Å². The molecule has 0 aromatic carbocycles. The number of morpholine rings is 1. The van der Waals surface area contributed by atoms with Gasteiger partial charge in [-0.25, -0.2) is 0 Å². The molecule has 34 heavy (non-hydrogen) atoms. The maximum Gasteiger partial charge on any atom is 0.298 e. The molecule has 0 saturated carbocycles. The molecule has 2 rings (SSSR count). The largest absolute Gasteiger partial charge is 0.504 e. The van der Waals surface area contributed by atoms with E-state index in [2.05, 4.69) is 31.1 Å². The summed E-state index contributed by atoms with van der Waals surface area (Å²) in [5.74, 6) is 1.17. The number of nitrogens with zero attached hydrogens (tertiary/aromatic N) is 1. The zero-order valence-corrected chi connectivity index (χ0v) is 21.0. The summed E-state index contributed by atoms with van der Waals surface area (Å²) >= 11 is 0. The number of ether oxygens (including phenoxy) is 4. The molecule has 1 saturated heterocycles. The first-order chi connectivity index (χ1) is 16.6. The van der Waals surface area contributed by atoms with Crippen LogP contribution in [0.25, 0.3) is 0 Å². The van der Waals surface area contributed by atoms with Crippen LogP contribution in [0.3, 0.4) is 0 Å². The van der Waals surface area contributed by atoms with Crippen LogP contribution >= 0.6 is 0 Å². The minimum absolute atomic E-state index is 0.335. The monoisotopic (exact) mass is 469 g/mol. The summed E-state index contributed by atoms with van der Waals surface area (Å²) in [5.41, 5.74) is 3.45. The molecule has 6 heteroatoms. The highest BCUT2D eigenvalue weighted by Gasteiger charge is 2.14. The maximum absolute atomic E-state index is 10.9. The van der Waals surface area contributed by atoms with E-state index in [-0.39, 0.29) is 0 Å². The van der Waals surface area contributed by atoms with Gasteiger partial charge in [0, 0.05) is 24.7 Å². The Bertz CT molecular complexity index is 852. The Hall–Kier alpha value is -3.09. The van der Waals surface area contributed by atoms with Crippen LogP contribution in [0.4, 0.5) is 0 Å². The number of hydrogen-bond donors (Lipinski definition) is 0. The van der Waals surface area contributed by atoms with Crippen LogP contribution < -0.4 is 0 Å². The van der Waals surface area contributed by atoms with E-state index in [1.54, 1.807) is 25.3 Å². The molecule has 1 heterocycles. The van der Waals surface area contributed by atoms with Crippen molar-refractivity contribution < 1.29 is 23.7 Å². The first kappa shape index (κ1) is 28.9. The van der Waals surface area contributed by atoms with E-state index in [0.717, 1.165) is 61.6 Å². The average Bonchev–Trinajstić information content (AvgIpc) is 2.89. The lowest BCUT2D eigenvalue weighted by atomic mass is 9.92. The molecule has 0 spiro atoms. The van der Waals surface area contributed by atoms with Crippen LogP contribution in [0, 0.1) is 0 Å². The lowest BCUT2D eigenvalue weighted by Crippen LogP contribution is -2.35. The summed E-state index contributed by atoms with van der Waals surface area (Å²) in [6.07, 6.45) is 16.2. The summed E-state index contributed by atoms with van der Waals surface area (Å²) in [4.78, 5) is 13.3. The van der Waals surface area contributed by atoms with Gasteiger partial charge in [-0.3, -0.25) is 9.69 Å². The van der Waals surface area contributed by atoms with Crippen LogP contribution in [0.2, 0.25) is 0 Å². The van der Waals surface area contributed by atoms with Crippen LogP contribution in [-0.2, 0) is 23.7 Å². The van der Waals surface area contributed by atoms with Crippen LogP contribution in [0.1, 0.15) is 26.7 Å². The molecule has 6 nitrogen and oxygen atoms in total. The summed E-state index contributed by atoms with van der Waals surface area (Å²) in [6.45, 7) is 17.5. The predicted molar refractivity (Wildman–Crippen MR) is 138 cm³/mol. The minimum atomic E-state index is 0.335. The Kier molecular flexibility index (Phi) is 14.8. The second-order valence-corrected chi connectivity index (χ2v) is 7.32. The first-order valence-electron chi connectivity index (χ1n) is 11.5. The molecule has 186 valence electrons. The van der Waals surface area contributed by atoms with E-state index in [1.807, 2.05) is 25.2 Å². The molecule has 0 radical (unpaired) electrons. The summed E-state index contributed by atoms with van der Waals surface area (Å²) in [6, 6.07) is 0. The molecule has 1 aliphatic carbocycles. The van der Waals surface area contributed by atoms with E-state index in [9.17, 15) is 4.79 Å². The van der Waals surface area contributed by atoms with Crippen molar-refractivity contribution in [2.75, 3.05) is 47.1 Å². The quantitative estimate of drug-likeness (QED) is 0.229. The van der Waals surface area contributed by atoms with Crippen LogP contribution in [0.15, 0.2) is 95.8 Å². The van der Waals surface area contributed by atoms with Gasteiger partial charge < -0.3 is 18.9 Å². The zero-order valence-electron chi connectivity index (χ0n) is 21.0. The van der Waals surface area contributed by atoms with Crippen molar-refractivity contribution in [3.05, 3.63) is 95.8 Å². The van der Waals surface area contributed by atoms with Crippen molar-refractivity contribution in [1.29, 1.82) is 0 Å². The molecule has 1 aliphatic heterocycles. The molecule has 0 aromatic rings. The van der Waals surface area contributed by atoms with Gasteiger partial charge in [0.2, 0.25) is 0 Å². The Balaban J connectivity index is 0.000000605. The van der Waals surface area contributed by atoms with Gasteiger partial charge in [0.15, 0.2) is 0 Å². The van der Waals surface area contributed by atoms with Crippen molar-refractivity contribution in [2.45, 2.75) is 26.7 Å². The van der Waals surface area contributed by atoms with Crippen molar-refractivity contribution in [3.63, 3.8) is 0 Å². The molecular weight excluding hydrogens is 430 g/mol. The number of hydrogen-bond acceptors (Lipinski definition) is 6. The van der Waals surface area contributed by atoms with E-state index < -0.39 is 0 Å². The molecule has 0 atom stereocenters. The van der Waals surface area contributed by atoms with E-state index in [0.29, 0.717) is 17.8 Å². The van der Waals surface area contributed by atoms with E-state index in [4.69, 9.17) is 18.9 Å². The number of carbonyl (C=O) groups excluding carboxylic acids is 1. The third-order valence-corrected chi connectivity index (χ3v) is 5.38. The fourth-order valence-corrected chi connectivity index (χ4v) is 3.55. The standard InChI is InChI=1S/C22H26O4.C6H13NO/c1-6-17(15-18-11-9-10-12-21(18)25-5)19(7-2)20(8-3)22(26-16-23)13-14-24-4;1-2-7-3-5-8-6-4-7/h6-8,10,12-16H,1,3,9,11H2,2,4-5H3;2-6H2,1H3/b14-13+,17-15+,19-7-,22-20-;. The Morgan fingerprint density at radius 1 is 1.21 bits per heavy atom. The first-order valence-corrected chi connectivity index (χ1v) is 11.5. The molecular formula is C28H39NO5. The highest BCUT2D eigenvalue weighted by atomic mass is 16.5. The lowest BCUT2D eigenvalue weighted by Gasteiger charge is -2.24. The molecule has 0 amide bonds. The maximum atomic E-state index is 10.9. The summed E-state index contributed by atoms with van der Waals surface area (Å²) in [5, 5.41) is 0. The fourth-order valence-electron chi connectivity index (χ4n) is 3.55. The van der Waals surface area contributed by atoms with Crippen LogP contribution in [0.5, 0.6) is 0 Å². The van der Waals surface area contributed by atoms with Crippen LogP contribution in [-0.4, -0.2) is 58.4 Å². The number of methoxy groups -OCH3 is 2. The number of rotatable bonds is 11. The smallest absolute Gasteiger partial charge is 0.298 e. The number of carbonyl (C=O) groups is 1. The highest BCUT2D eigenvalue weighted by molar-refractivity contribution is 5.60. The second kappa shape index (κ2) is 17.4. The molecule has 2 aliphatic rings. The van der Waals surface area contributed by atoms with E-state index in [1.165, 1.54) is 19.9 Å². The lowest BCUT2D eigenvalue weighted by molar-refractivity contribution is -0.124. The van der Waals surface area contributed by atoms with Gasteiger partial charge in [0.1, 0.15) is 11.5 Å². The predicted octanol–water partition coefficient (Wildman–Crippen LogP) is 5.41. The Labute approximate surface area is 204 Å². The SMILES string of the molecule is C=CC(/C(=C\C)C(/C=C)=C/C1=C(OC)C=CCC1)=C(\C=C\OC)OC=O.CCN1CCOCC1. The Morgan fingerprint density at radius 2 is 1.94 bits per heavy atom. The van der Waals surface area contributed by atoms with Gasteiger partial charge in [0.05, 0.1) is 33.7 Å². The van der Waals surface area contributed by atoms with Gasteiger partial charge in [0.25, 0.3) is 6.47 Å². The number of allylic oxidation sites excluding steroid dienone is 11. The van der Waals surface area contributed by atoms with Crippen molar-refractivity contribution in [2.24, 2.45) is 0 Å². The average molecular weight is 470 g/mol. The minimum Gasteiger partial charge on any atom is -0.504 e. The molecule has 0 aromatic heterocycles. The zero-order chi connectivity index (χ0) is 25.2. The van der Waals surface area contributed by atoms with Crippen molar-refractivity contribution in [3.8, 4) is 0 Å². The topological polar surface area (TPSA) is 57.2 Å². The molecule has 0 N–H and O–H groups in total. The molecule has 0 bridgehead atoms. The van der Waals surface area contributed by atoms with Crippen molar-refractivity contribution >= 4 is 6.47 Å². The summed E-state index contributed by atoms with van der Waals surface area (Å²) in [7, 11) is 3.17. The second-order valence-electron chi connectivity index (χ2n) is 7.32. The van der Waals surface area contributed by atoms with Gasteiger partial charge in [-0.1, -0.05) is 44.4 Å². The van der Waals surface area contributed by atoms with Gasteiger partial charge in [-0.05, 0) is 55.2 Å². The van der Waals surface area contributed by atoms with Gasteiger partial charge in [-0.2, -0.15) is 0 Å². The Morgan fingerprint density at radius 3 is 2.44 bits per heavy atom. The fraction of sp³-hybridized carbons (Fsp3) is 0.393. The number of likely N-dealkylation sites (N-methyl/N-ethyl adjacent to an activating group) is 1. The van der Waals surface area contributed by atoms with Crippen molar-refractivity contribution in [1.82, 2.24) is 4.90 Å². The summed E-state index contributed by atoms with van der Waals surface area (Å²) < 4.78 is 20.7. The normalized spacial score (nSPS) is 18.0. The molecule has 0 unspecified atom stereocenters.